The van der Waals surface area contributed by atoms with E-state index < -0.39 is 0 Å². The van der Waals surface area contributed by atoms with Crippen molar-refractivity contribution in [3.05, 3.63) is 45.7 Å². The van der Waals surface area contributed by atoms with Crippen molar-refractivity contribution in [1.82, 2.24) is 10.2 Å². The van der Waals surface area contributed by atoms with E-state index in [1.807, 2.05) is 33.8 Å². The van der Waals surface area contributed by atoms with Crippen molar-refractivity contribution in [3.8, 4) is 0 Å². The van der Waals surface area contributed by atoms with Crippen LogP contribution in [0.5, 0.6) is 0 Å². The third-order valence-electron chi connectivity index (χ3n) is 3.26. The molecule has 0 fully saturated rings. The Bertz CT molecular complexity index is 674. The van der Waals surface area contributed by atoms with Gasteiger partial charge < -0.3 is 9.73 Å². The van der Waals surface area contributed by atoms with Gasteiger partial charge >= 0.3 is 0 Å². The van der Waals surface area contributed by atoms with Crippen LogP contribution < -0.4 is 5.32 Å². The summed E-state index contributed by atoms with van der Waals surface area (Å²) in [6.07, 6.45) is 0.679. The first-order chi connectivity index (χ1) is 10.3. The minimum absolute atomic E-state index is 0.109. The Morgan fingerprint density at radius 3 is 2.50 bits per heavy atom. The van der Waals surface area contributed by atoms with Gasteiger partial charge in [0.15, 0.2) is 0 Å². The Morgan fingerprint density at radius 2 is 1.95 bits per heavy atom. The van der Waals surface area contributed by atoms with Crippen LogP contribution >= 0.6 is 0 Å². The standard InChI is InChI=1S/C15H20N4O3/c1-5-13-17-18-14(22-13)9-16-10-6-7-11(15(2,3)4)12(8-10)19(20)21/h6-8,16H,5,9H2,1-4H3. The Labute approximate surface area is 128 Å². The van der Waals surface area contributed by atoms with Crippen LogP contribution in [0.15, 0.2) is 22.6 Å². The van der Waals surface area contributed by atoms with Gasteiger partial charge in [-0.15, -0.1) is 10.2 Å². The van der Waals surface area contributed by atoms with Crippen LogP contribution in [-0.4, -0.2) is 15.1 Å². The van der Waals surface area contributed by atoms with Crippen LogP contribution in [-0.2, 0) is 18.4 Å². The van der Waals surface area contributed by atoms with Crippen molar-refractivity contribution < 1.29 is 9.34 Å². The molecule has 1 N–H and O–H groups in total. The van der Waals surface area contributed by atoms with E-state index in [-0.39, 0.29) is 16.0 Å². The number of nitrogens with zero attached hydrogens (tertiary/aromatic N) is 3. The van der Waals surface area contributed by atoms with Gasteiger partial charge in [-0.3, -0.25) is 10.1 Å². The lowest BCUT2D eigenvalue weighted by Crippen LogP contribution is -2.14. The summed E-state index contributed by atoms with van der Waals surface area (Å²) >= 11 is 0. The summed E-state index contributed by atoms with van der Waals surface area (Å²) in [7, 11) is 0. The van der Waals surface area contributed by atoms with Gasteiger partial charge in [-0.05, 0) is 17.5 Å². The Balaban J connectivity index is 2.18. The fourth-order valence-corrected chi connectivity index (χ4v) is 2.11. The van der Waals surface area contributed by atoms with Crippen LogP contribution in [0, 0.1) is 10.1 Å². The van der Waals surface area contributed by atoms with Crippen LogP contribution in [0.3, 0.4) is 0 Å². The van der Waals surface area contributed by atoms with Gasteiger partial charge in [0.05, 0.1) is 11.5 Å². The largest absolute Gasteiger partial charge is 0.423 e. The van der Waals surface area contributed by atoms with Crippen LogP contribution in [0.25, 0.3) is 0 Å². The van der Waals surface area contributed by atoms with Crippen molar-refractivity contribution in [2.75, 3.05) is 5.32 Å². The topological polar surface area (TPSA) is 94.1 Å². The highest BCUT2D eigenvalue weighted by Gasteiger charge is 2.25. The third-order valence-corrected chi connectivity index (χ3v) is 3.26. The number of benzene rings is 1. The summed E-state index contributed by atoms with van der Waals surface area (Å²) in [4.78, 5) is 10.9. The lowest BCUT2D eigenvalue weighted by molar-refractivity contribution is -0.385. The van der Waals surface area contributed by atoms with Gasteiger partial charge in [0.2, 0.25) is 11.8 Å². The van der Waals surface area contributed by atoms with Gasteiger partial charge in [0.1, 0.15) is 0 Å². The molecule has 2 rings (SSSR count). The first-order valence-corrected chi connectivity index (χ1v) is 7.15. The molecule has 1 heterocycles. The van der Waals surface area contributed by atoms with E-state index in [0.29, 0.717) is 36.0 Å². The highest BCUT2D eigenvalue weighted by atomic mass is 16.6. The number of aryl methyl sites for hydroxylation is 1. The molecule has 0 atom stereocenters. The summed E-state index contributed by atoms with van der Waals surface area (Å²) < 4.78 is 5.39. The third kappa shape index (κ3) is 3.60. The molecule has 0 aliphatic carbocycles. The SMILES string of the molecule is CCc1nnc(CNc2ccc(C(C)(C)C)c([N+](=O)[O-])c2)o1. The number of nitrogens with one attached hydrogen (secondary N) is 1. The fraction of sp³-hybridized carbons (Fsp3) is 0.467. The van der Waals surface area contributed by atoms with Gasteiger partial charge in [0, 0.05) is 23.7 Å². The molecule has 0 unspecified atom stereocenters. The molecule has 0 aliphatic rings. The minimum Gasteiger partial charge on any atom is -0.423 e. The predicted molar refractivity (Wildman–Crippen MR) is 82.8 cm³/mol. The molecule has 0 saturated carbocycles. The van der Waals surface area contributed by atoms with Gasteiger partial charge in [-0.2, -0.15) is 0 Å². The van der Waals surface area contributed by atoms with E-state index in [9.17, 15) is 10.1 Å². The van der Waals surface area contributed by atoms with Crippen molar-refractivity contribution >= 4 is 11.4 Å². The number of hydrogen-bond acceptors (Lipinski definition) is 6. The number of anilines is 1. The van der Waals surface area contributed by atoms with Crippen molar-refractivity contribution in [2.24, 2.45) is 0 Å². The first kappa shape index (κ1) is 15.9. The highest BCUT2D eigenvalue weighted by molar-refractivity contribution is 5.57. The molecule has 1 aromatic carbocycles. The van der Waals surface area contributed by atoms with Gasteiger partial charge in [-0.25, -0.2) is 0 Å². The average Bonchev–Trinajstić information content (AvgIpc) is 2.91. The summed E-state index contributed by atoms with van der Waals surface area (Å²) in [6.45, 7) is 8.12. The normalized spacial score (nSPS) is 11.5. The van der Waals surface area contributed by atoms with E-state index in [1.165, 1.54) is 6.07 Å². The first-order valence-electron chi connectivity index (χ1n) is 7.15. The molecule has 1 aromatic heterocycles. The zero-order chi connectivity index (χ0) is 16.3. The van der Waals surface area contributed by atoms with E-state index in [0.717, 1.165) is 0 Å². The highest BCUT2D eigenvalue weighted by Crippen LogP contribution is 2.33. The molecular formula is C15H20N4O3. The summed E-state index contributed by atoms with van der Waals surface area (Å²) in [5, 5.41) is 22.1. The van der Waals surface area contributed by atoms with Crippen molar-refractivity contribution in [3.63, 3.8) is 0 Å². The summed E-state index contributed by atoms with van der Waals surface area (Å²) in [5.41, 5.74) is 1.17. The number of hydrogen-bond donors (Lipinski definition) is 1. The average molecular weight is 304 g/mol. The second kappa shape index (κ2) is 6.13. The zero-order valence-corrected chi connectivity index (χ0v) is 13.2. The maximum atomic E-state index is 11.3. The Hall–Kier alpha value is -2.44. The van der Waals surface area contributed by atoms with Crippen LogP contribution in [0.1, 0.15) is 45.0 Å². The molecule has 0 radical (unpaired) electrons. The van der Waals surface area contributed by atoms with E-state index in [2.05, 4.69) is 15.5 Å². The second-order valence-electron chi connectivity index (χ2n) is 6.04. The predicted octanol–water partition coefficient (Wildman–Crippen LogP) is 3.45. The molecule has 118 valence electrons. The summed E-state index contributed by atoms with van der Waals surface area (Å²) in [6, 6.07) is 5.15. The van der Waals surface area contributed by atoms with Gasteiger partial charge in [-0.1, -0.05) is 27.7 Å². The molecule has 22 heavy (non-hydrogen) atoms. The van der Waals surface area contributed by atoms with E-state index >= 15 is 0 Å². The lowest BCUT2D eigenvalue weighted by Gasteiger charge is -2.19. The number of rotatable bonds is 5. The molecule has 7 nitrogen and oxygen atoms in total. The minimum atomic E-state index is -0.354. The van der Waals surface area contributed by atoms with Crippen LogP contribution in [0.4, 0.5) is 11.4 Å². The van der Waals surface area contributed by atoms with Crippen molar-refractivity contribution in [1.29, 1.82) is 0 Å². The molecule has 0 saturated heterocycles. The smallest absolute Gasteiger partial charge is 0.275 e. The number of nitro groups is 1. The fourth-order valence-electron chi connectivity index (χ4n) is 2.11. The van der Waals surface area contributed by atoms with E-state index in [4.69, 9.17) is 4.42 Å². The van der Waals surface area contributed by atoms with Crippen LogP contribution in [0.2, 0.25) is 0 Å². The molecular weight excluding hydrogens is 284 g/mol. The molecule has 0 bridgehead atoms. The summed E-state index contributed by atoms with van der Waals surface area (Å²) in [5.74, 6) is 1.03. The Kier molecular flexibility index (Phi) is 4.44. The van der Waals surface area contributed by atoms with Crippen molar-refractivity contribution in [2.45, 2.75) is 46.1 Å². The maximum Gasteiger partial charge on any atom is 0.275 e. The lowest BCUT2D eigenvalue weighted by atomic mass is 9.85. The quantitative estimate of drug-likeness (QED) is 0.671. The number of nitro benzene ring substituents is 1. The van der Waals surface area contributed by atoms with E-state index in [1.54, 1.807) is 6.07 Å². The monoisotopic (exact) mass is 304 g/mol. The maximum absolute atomic E-state index is 11.3. The molecule has 0 aliphatic heterocycles. The zero-order valence-electron chi connectivity index (χ0n) is 13.2. The molecule has 7 heteroatoms. The second-order valence-corrected chi connectivity index (χ2v) is 6.04. The molecule has 0 spiro atoms. The number of aromatic nitrogens is 2. The Morgan fingerprint density at radius 1 is 1.27 bits per heavy atom. The molecule has 0 amide bonds. The van der Waals surface area contributed by atoms with Gasteiger partial charge in [0.25, 0.3) is 5.69 Å². The molecule has 2 aromatic rings.